The summed E-state index contributed by atoms with van der Waals surface area (Å²) in [5.41, 5.74) is 0.848. The zero-order valence-corrected chi connectivity index (χ0v) is 14.9. The number of hydrogen-bond acceptors (Lipinski definition) is 5. The summed E-state index contributed by atoms with van der Waals surface area (Å²) in [7, 11) is 0. The van der Waals surface area contributed by atoms with Crippen molar-refractivity contribution in [2.75, 3.05) is 10.6 Å². The molecule has 0 heterocycles. The van der Waals surface area contributed by atoms with E-state index in [1.54, 1.807) is 30.3 Å². The number of benzene rings is 1. The highest BCUT2D eigenvalue weighted by Crippen LogP contribution is 2.15. The maximum atomic E-state index is 12.1. The lowest BCUT2D eigenvalue weighted by molar-refractivity contribution is -0.141. The lowest BCUT2D eigenvalue weighted by atomic mass is 10.0. The molecule has 0 aliphatic rings. The summed E-state index contributed by atoms with van der Waals surface area (Å²) in [6.07, 6.45) is 1.45. The Bertz CT molecular complexity index is 750. The third kappa shape index (κ3) is 7.05. The molecule has 8 nitrogen and oxygen atoms in total. The predicted octanol–water partition coefficient (Wildman–Crippen LogP) is 2.08. The van der Waals surface area contributed by atoms with Crippen molar-refractivity contribution in [3.63, 3.8) is 0 Å². The molecule has 0 bridgehead atoms. The van der Waals surface area contributed by atoms with Crippen molar-refractivity contribution in [3.8, 4) is 6.07 Å². The minimum atomic E-state index is -1.15. The van der Waals surface area contributed by atoms with E-state index in [0.29, 0.717) is 11.4 Å². The van der Waals surface area contributed by atoms with Crippen LogP contribution >= 0.6 is 0 Å². The van der Waals surface area contributed by atoms with E-state index in [1.165, 1.54) is 13.1 Å². The van der Waals surface area contributed by atoms with Crippen LogP contribution in [0.2, 0.25) is 0 Å². The van der Waals surface area contributed by atoms with Gasteiger partial charge in [0.1, 0.15) is 17.7 Å². The fraction of sp³-hybridized carbons (Fsp3) is 0.333. The summed E-state index contributed by atoms with van der Waals surface area (Å²) in [6.45, 7) is 5.06. The largest absolute Gasteiger partial charge is 0.480 e. The topological polar surface area (TPSA) is 131 Å². The Morgan fingerprint density at radius 3 is 2.46 bits per heavy atom. The van der Waals surface area contributed by atoms with Crippen LogP contribution in [0, 0.1) is 17.2 Å². The first-order chi connectivity index (χ1) is 12.2. The molecule has 1 atom stereocenters. The second-order valence-corrected chi connectivity index (χ2v) is 6.07. The summed E-state index contributed by atoms with van der Waals surface area (Å²) < 4.78 is 0. The number of carboxylic acid groups (broad SMARTS) is 1. The Morgan fingerprint density at radius 1 is 1.27 bits per heavy atom. The van der Waals surface area contributed by atoms with Gasteiger partial charge in [-0.15, -0.1) is 0 Å². The van der Waals surface area contributed by atoms with Crippen LogP contribution in [-0.2, 0) is 14.4 Å². The van der Waals surface area contributed by atoms with Crippen LogP contribution in [0.15, 0.2) is 36.0 Å². The highest BCUT2D eigenvalue weighted by Gasteiger charge is 2.22. The highest BCUT2D eigenvalue weighted by atomic mass is 16.4. The Labute approximate surface area is 151 Å². The van der Waals surface area contributed by atoms with Gasteiger partial charge in [-0.05, 0) is 30.5 Å². The maximum absolute atomic E-state index is 12.1. The molecule has 1 rings (SSSR count). The van der Waals surface area contributed by atoms with E-state index in [2.05, 4.69) is 16.0 Å². The number of amides is 2. The first-order valence-electron chi connectivity index (χ1n) is 8.01. The average Bonchev–Trinajstić information content (AvgIpc) is 2.54. The van der Waals surface area contributed by atoms with Gasteiger partial charge in [-0.25, -0.2) is 4.79 Å². The molecule has 0 fully saturated rings. The molecule has 0 saturated carbocycles. The number of nitrogens with one attached hydrogen (secondary N) is 3. The first kappa shape index (κ1) is 20.7. The quantitative estimate of drug-likeness (QED) is 0.415. The van der Waals surface area contributed by atoms with Gasteiger partial charge < -0.3 is 21.1 Å². The SMILES string of the molecule is CC(=O)Nc1cccc(N/C=C(/C#N)C(=O)NC(CC(C)C)C(=O)O)c1. The second kappa shape index (κ2) is 9.84. The molecule has 4 N–H and O–H groups in total. The zero-order chi connectivity index (χ0) is 19.7. The molecule has 138 valence electrons. The van der Waals surface area contributed by atoms with Crippen LogP contribution in [0.5, 0.6) is 0 Å². The number of aliphatic carboxylic acids is 1. The van der Waals surface area contributed by atoms with Gasteiger partial charge in [-0.3, -0.25) is 9.59 Å². The second-order valence-electron chi connectivity index (χ2n) is 6.07. The molecule has 26 heavy (non-hydrogen) atoms. The third-order valence-electron chi connectivity index (χ3n) is 3.24. The van der Waals surface area contributed by atoms with E-state index in [4.69, 9.17) is 10.4 Å². The molecule has 0 spiro atoms. The number of anilines is 2. The zero-order valence-electron chi connectivity index (χ0n) is 14.9. The van der Waals surface area contributed by atoms with E-state index >= 15 is 0 Å². The lowest BCUT2D eigenvalue weighted by Gasteiger charge is -2.16. The number of carbonyl (C=O) groups is 3. The van der Waals surface area contributed by atoms with Gasteiger partial charge in [-0.1, -0.05) is 19.9 Å². The van der Waals surface area contributed by atoms with Crippen molar-refractivity contribution in [2.45, 2.75) is 33.2 Å². The van der Waals surface area contributed by atoms with Crippen molar-refractivity contribution in [1.29, 1.82) is 5.26 Å². The van der Waals surface area contributed by atoms with Crippen molar-refractivity contribution < 1.29 is 19.5 Å². The molecule has 0 aliphatic carbocycles. The molecule has 1 aromatic carbocycles. The van der Waals surface area contributed by atoms with Crippen molar-refractivity contribution in [3.05, 3.63) is 36.0 Å². The Kier molecular flexibility index (Phi) is 7.83. The van der Waals surface area contributed by atoms with Gasteiger partial charge >= 0.3 is 5.97 Å². The molecule has 2 amide bonds. The molecule has 0 saturated heterocycles. The highest BCUT2D eigenvalue weighted by molar-refractivity contribution is 5.99. The maximum Gasteiger partial charge on any atom is 0.326 e. The molecule has 0 aliphatic heterocycles. The van der Waals surface area contributed by atoms with E-state index in [-0.39, 0.29) is 23.8 Å². The molecule has 8 heteroatoms. The molecular formula is C18H22N4O4. The van der Waals surface area contributed by atoms with E-state index in [1.807, 2.05) is 13.8 Å². The molecule has 1 aromatic rings. The van der Waals surface area contributed by atoms with Gasteiger partial charge in [0.25, 0.3) is 5.91 Å². The fourth-order valence-corrected chi connectivity index (χ4v) is 2.12. The number of carboxylic acids is 1. The Hall–Kier alpha value is -3.34. The van der Waals surface area contributed by atoms with Gasteiger partial charge in [0.05, 0.1) is 0 Å². The Morgan fingerprint density at radius 2 is 1.92 bits per heavy atom. The van der Waals surface area contributed by atoms with Crippen LogP contribution in [0.1, 0.15) is 27.2 Å². The summed E-state index contributed by atoms with van der Waals surface area (Å²) in [5, 5.41) is 26.1. The minimum absolute atomic E-state index is 0.0700. The Balaban J connectivity index is 2.84. The first-order valence-corrected chi connectivity index (χ1v) is 8.01. The molecule has 1 unspecified atom stereocenters. The van der Waals surface area contributed by atoms with Crippen LogP contribution in [0.25, 0.3) is 0 Å². The van der Waals surface area contributed by atoms with Crippen LogP contribution in [0.3, 0.4) is 0 Å². The van der Waals surface area contributed by atoms with Crippen molar-refractivity contribution in [2.24, 2.45) is 5.92 Å². The molecule has 0 radical (unpaired) electrons. The molecular weight excluding hydrogens is 336 g/mol. The predicted molar refractivity (Wildman–Crippen MR) is 97.1 cm³/mol. The monoisotopic (exact) mass is 358 g/mol. The summed E-state index contributed by atoms with van der Waals surface area (Å²) in [6, 6.07) is 7.37. The minimum Gasteiger partial charge on any atom is -0.480 e. The van der Waals surface area contributed by atoms with Gasteiger partial charge in [0.15, 0.2) is 0 Å². The van der Waals surface area contributed by atoms with E-state index in [0.717, 1.165) is 0 Å². The number of carbonyl (C=O) groups excluding carboxylic acids is 2. The number of rotatable bonds is 8. The van der Waals surface area contributed by atoms with Crippen molar-refractivity contribution in [1.82, 2.24) is 5.32 Å². The fourth-order valence-electron chi connectivity index (χ4n) is 2.12. The normalized spacial score (nSPS) is 12.0. The van der Waals surface area contributed by atoms with E-state index < -0.39 is 17.9 Å². The molecule has 0 aromatic heterocycles. The lowest BCUT2D eigenvalue weighted by Crippen LogP contribution is -2.42. The van der Waals surface area contributed by atoms with Crippen LogP contribution < -0.4 is 16.0 Å². The summed E-state index contributed by atoms with van der Waals surface area (Å²) in [5.74, 6) is -2.08. The van der Waals surface area contributed by atoms with Gasteiger partial charge in [-0.2, -0.15) is 5.26 Å². The smallest absolute Gasteiger partial charge is 0.326 e. The number of nitrogens with zero attached hydrogens (tertiary/aromatic N) is 1. The number of nitriles is 1. The summed E-state index contributed by atoms with van der Waals surface area (Å²) >= 11 is 0. The van der Waals surface area contributed by atoms with E-state index in [9.17, 15) is 14.4 Å². The van der Waals surface area contributed by atoms with Gasteiger partial charge in [0.2, 0.25) is 5.91 Å². The van der Waals surface area contributed by atoms with Crippen LogP contribution in [0.4, 0.5) is 11.4 Å². The summed E-state index contributed by atoms with van der Waals surface area (Å²) in [4.78, 5) is 34.4. The van der Waals surface area contributed by atoms with Crippen LogP contribution in [-0.4, -0.2) is 28.9 Å². The number of hydrogen-bond donors (Lipinski definition) is 4. The third-order valence-corrected chi connectivity index (χ3v) is 3.24. The average molecular weight is 358 g/mol. The van der Waals surface area contributed by atoms with Crippen molar-refractivity contribution >= 4 is 29.2 Å². The standard InChI is InChI=1S/C18H22N4O4/c1-11(2)7-16(18(25)26)22-17(24)13(9-19)10-20-14-5-4-6-15(8-14)21-12(3)23/h4-6,8,10-11,16,20H,7H2,1-3H3,(H,21,23)(H,22,24)(H,25,26)/b13-10-. The van der Waals surface area contributed by atoms with Gasteiger partial charge in [0, 0.05) is 24.5 Å².